The highest BCUT2D eigenvalue weighted by atomic mass is 16.1. The molecular weight excluding hydrogens is 320 g/mol. The topological polar surface area (TPSA) is 103 Å². The molecule has 2 aromatic heterocycles. The van der Waals surface area contributed by atoms with Crippen LogP contribution in [-0.4, -0.2) is 41.1 Å². The molecule has 1 N–H and O–H groups in total. The van der Waals surface area contributed by atoms with Gasteiger partial charge in [0.2, 0.25) is 0 Å². The van der Waals surface area contributed by atoms with Crippen molar-refractivity contribution in [3.63, 3.8) is 0 Å². The van der Waals surface area contributed by atoms with Gasteiger partial charge in [-0.1, -0.05) is 11.3 Å². The van der Waals surface area contributed by atoms with Crippen LogP contribution in [-0.2, 0) is 7.05 Å². The molecule has 2 aromatic carbocycles. The summed E-state index contributed by atoms with van der Waals surface area (Å²) in [5, 5.41) is 22.3. The van der Waals surface area contributed by atoms with Crippen LogP contribution in [0.3, 0.4) is 0 Å². The molecule has 0 fully saturated rings. The van der Waals surface area contributed by atoms with Crippen molar-refractivity contribution in [1.82, 2.24) is 35.2 Å². The van der Waals surface area contributed by atoms with E-state index in [0.717, 1.165) is 11.2 Å². The van der Waals surface area contributed by atoms with E-state index < -0.39 is 0 Å². The largest absolute Gasteiger partial charge is 0.322 e. The number of carbonyl (C=O) groups excluding carboxylic acids is 1. The fourth-order valence-electron chi connectivity index (χ4n) is 2.57. The molecule has 1 amide bonds. The zero-order valence-electron chi connectivity index (χ0n) is 13.6. The average molecular weight is 334 g/mol. The number of nitrogens with one attached hydrogen (secondary N) is 1. The number of rotatable bonds is 3. The molecule has 4 aromatic rings. The van der Waals surface area contributed by atoms with E-state index >= 15 is 0 Å². The summed E-state index contributed by atoms with van der Waals surface area (Å²) in [6.45, 7) is 1.81. The van der Waals surface area contributed by atoms with Gasteiger partial charge in [-0.3, -0.25) is 4.79 Å². The summed E-state index contributed by atoms with van der Waals surface area (Å²) in [5.41, 5.74) is 3.47. The lowest BCUT2D eigenvalue weighted by atomic mass is 10.1. The maximum absolute atomic E-state index is 12.5. The summed E-state index contributed by atoms with van der Waals surface area (Å²) in [6.07, 6.45) is 0. The minimum Gasteiger partial charge on any atom is -0.322 e. The highest BCUT2D eigenvalue weighted by Gasteiger charge is 2.11. The van der Waals surface area contributed by atoms with Crippen LogP contribution < -0.4 is 5.32 Å². The van der Waals surface area contributed by atoms with Crippen molar-refractivity contribution in [3.8, 4) is 5.69 Å². The van der Waals surface area contributed by atoms with Crippen molar-refractivity contribution >= 4 is 22.6 Å². The predicted molar refractivity (Wildman–Crippen MR) is 90.4 cm³/mol. The van der Waals surface area contributed by atoms with E-state index in [2.05, 4.69) is 31.2 Å². The molecule has 0 aliphatic carbocycles. The zero-order valence-corrected chi connectivity index (χ0v) is 13.6. The number of aryl methyl sites for hydroxylation is 2. The van der Waals surface area contributed by atoms with Crippen LogP contribution in [0.2, 0.25) is 0 Å². The summed E-state index contributed by atoms with van der Waals surface area (Å²) >= 11 is 0. The van der Waals surface area contributed by atoms with E-state index in [1.54, 1.807) is 28.4 Å². The van der Waals surface area contributed by atoms with Crippen molar-refractivity contribution in [3.05, 3.63) is 53.9 Å². The standard InChI is InChI=1S/C16H14N8O/c1-10-18-20-22-24(10)13-5-3-4-12(9-13)17-16(25)11-6-7-15-14(8-11)19-21-23(15)2/h3-9H,1-2H3,(H,17,25). The lowest BCUT2D eigenvalue weighted by Crippen LogP contribution is -2.12. The van der Waals surface area contributed by atoms with Crippen molar-refractivity contribution in [2.24, 2.45) is 7.05 Å². The fraction of sp³-hybridized carbons (Fsp3) is 0.125. The summed E-state index contributed by atoms with van der Waals surface area (Å²) in [6, 6.07) is 12.6. The van der Waals surface area contributed by atoms with E-state index in [9.17, 15) is 4.79 Å². The molecule has 0 aliphatic heterocycles. The second-order valence-corrected chi connectivity index (χ2v) is 5.56. The predicted octanol–water partition coefficient (Wildman–Crippen LogP) is 1.50. The normalized spacial score (nSPS) is 11.0. The molecular formula is C16H14N8O. The third kappa shape index (κ3) is 2.71. The average Bonchev–Trinajstić information content (AvgIpc) is 3.21. The van der Waals surface area contributed by atoms with Crippen LogP contribution >= 0.6 is 0 Å². The highest BCUT2D eigenvalue weighted by Crippen LogP contribution is 2.17. The Kier molecular flexibility index (Phi) is 3.46. The molecule has 0 atom stereocenters. The van der Waals surface area contributed by atoms with Crippen LogP contribution in [0.25, 0.3) is 16.7 Å². The van der Waals surface area contributed by atoms with Gasteiger partial charge in [0.05, 0.1) is 11.2 Å². The van der Waals surface area contributed by atoms with Gasteiger partial charge in [-0.05, 0) is 53.7 Å². The molecule has 0 aliphatic rings. The molecule has 25 heavy (non-hydrogen) atoms. The van der Waals surface area contributed by atoms with Crippen LogP contribution in [0.4, 0.5) is 5.69 Å². The van der Waals surface area contributed by atoms with Gasteiger partial charge >= 0.3 is 0 Å². The first-order valence-corrected chi connectivity index (χ1v) is 7.58. The SMILES string of the molecule is Cc1nnnn1-c1cccc(NC(=O)c2ccc3c(c2)nnn3C)c1. The van der Waals surface area contributed by atoms with Crippen LogP contribution in [0.5, 0.6) is 0 Å². The van der Waals surface area contributed by atoms with Crippen molar-refractivity contribution in [2.75, 3.05) is 5.32 Å². The third-order valence-electron chi connectivity index (χ3n) is 3.85. The Morgan fingerprint density at radius 2 is 1.96 bits per heavy atom. The monoisotopic (exact) mass is 334 g/mol. The Hall–Kier alpha value is -3.62. The number of nitrogens with zero attached hydrogens (tertiary/aromatic N) is 7. The van der Waals surface area contributed by atoms with Gasteiger partial charge in [-0.15, -0.1) is 10.2 Å². The number of hydrogen-bond acceptors (Lipinski definition) is 6. The number of carbonyl (C=O) groups is 1. The molecule has 0 bridgehead atoms. The molecule has 0 spiro atoms. The van der Waals surface area contributed by atoms with Crippen molar-refractivity contribution in [1.29, 1.82) is 0 Å². The second kappa shape index (κ2) is 5.78. The lowest BCUT2D eigenvalue weighted by Gasteiger charge is -2.08. The first kappa shape index (κ1) is 14.9. The molecule has 0 radical (unpaired) electrons. The number of aromatic nitrogens is 7. The Morgan fingerprint density at radius 1 is 1.08 bits per heavy atom. The van der Waals surface area contributed by atoms with Gasteiger partial charge in [-0.25, -0.2) is 4.68 Å². The van der Waals surface area contributed by atoms with Gasteiger partial charge in [0, 0.05) is 18.3 Å². The zero-order chi connectivity index (χ0) is 17.4. The Morgan fingerprint density at radius 3 is 2.76 bits per heavy atom. The van der Waals surface area contributed by atoms with Gasteiger partial charge in [-0.2, -0.15) is 4.68 Å². The van der Waals surface area contributed by atoms with E-state index in [0.29, 0.717) is 22.6 Å². The molecule has 9 nitrogen and oxygen atoms in total. The van der Waals surface area contributed by atoms with Crippen LogP contribution in [0, 0.1) is 6.92 Å². The molecule has 0 saturated heterocycles. The molecule has 124 valence electrons. The molecule has 2 heterocycles. The van der Waals surface area contributed by atoms with Gasteiger partial charge < -0.3 is 5.32 Å². The lowest BCUT2D eigenvalue weighted by molar-refractivity contribution is 0.102. The third-order valence-corrected chi connectivity index (χ3v) is 3.85. The number of fused-ring (bicyclic) bond motifs is 1. The Labute approximate surface area is 142 Å². The number of tetrazole rings is 1. The molecule has 9 heteroatoms. The number of benzene rings is 2. The minimum absolute atomic E-state index is 0.224. The maximum atomic E-state index is 12.5. The fourth-order valence-corrected chi connectivity index (χ4v) is 2.57. The number of amides is 1. The highest BCUT2D eigenvalue weighted by molar-refractivity contribution is 6.06. The molecule has 4 rings (SSSR count). The van der Waals surface area contributed by atoms with E-state index in [4.69, 9.17) is 0 Å². The summed E-state index contributed by atoms with van der Waals surface area (Å²) < 4.78 is 3.26. The molecule has 0 saturated carbocycles. The Bertz CT molecular complexity index is 1080. The first-order valence-electron chi connectivity index (χ1n) is 7.58. The van der Waals surface area contributed by atoms with Crippen LogP contribution in [0.1, 0.15) is 16.2 Å². The number of anilines is 1. The van der Waals surface area contributed by atoms with E-state index in [1.165, 1.54) is 0 Å². The smallest absolute Gasteiger partial charge is 0.255 e. The first-order chi connectivity index (χ1) is 12.1. The number of hydrogen-bond donors (Lipinski definition) is 1. The van der Waals surface area contributed by atoms with Gasteiger partial charge in [0.25, 0.3) is 5.91 Å². The van der Waals surface area contributed by atoms with Crippen molar-refractivity contribution in [2.45, 2.75) is 6.92 Å². The quantitative estimate of drug-likeness (QED) is 0.609. The summed E-state index contributed by atoms with van der Waals surface area (Å²) in [7, 11) is 1.81. The van der Waals surface area contributed by atoms with Crippen molar-refractivity contribution < 1.29 is 4.79 Å². The van der Waals surface area contributed by atoms with E-state index in [-0.39, 0.29) is 5.91 Å². The van der Waals surface area contributed by atoms with Crippen LogP contribution in [0.15, 0.2) is 42.5 Å². The Balaban J connectivity index is 1.60. The minimum atomic E-state index is -0.224. The summed E-state index contributed by atoms with van der Waals surface area (Å²) in [5.74, 6) is 0.440. The van der Waals surface area contributed by atoms with Gasteiger partial charge in [0.15, 0.2) is 5.82 Å². The maximum Gasteiger partial charge on any atom is 0.255 e. The van der Waals surface area contributed by atoms with E-state index in [1.807, 2.05) is 37.4 Å². The summed E-state index contributed by atoms with van der Waals surface area (Å²) in [4.78, 5) is 12.5. The van der Waals surface area contributed by atoms with Gasteiger partial charge in [0.1, 0.15) is 5.52 Å². The molecule has 0 unspecified atom stereocenters. The second-order valence-electron chi connectivity index (χ2n) is 5.56.